The molecule has 5 heteroatoms. The third kappa shape index (κ3) is 3.92. The molecule has 1 aliphatic rings. The quantitative estimate of drug-likeness (QED) is 0.932. The molecule has 3 rings (SSSR count). The van der Waals surface area contributed by atoms with E-state index in [0.717, 1.165) is 11.4 Å². The molecule has 1 aliphatic carbocycles. The fourth-order valence-electron chi connectivity index (χ4n) is 3.08. The Hall–Kier alpha value is -2.30. The lowest BCUT2D eigenvalue weighted by Crippen LogP contribution is -2.32. The van der Waals surface area contributed by atoms with E-state index in [1.807, 2.05) is 37.3 Å². The van der Waals surface area contributed by atoms with Crippen molar-refractivity contribution in [2.45, 2.75) is 39.0 Å². The van der Waals surface area contributed by atoms with Crippen molar-refractivity contribution < 1.29 is 9.53 Å². The molecule has 122 valence electrons. The lowest BCUT2D eigenvalue weighted by molar-refractivity contribution is 0.196. The predicted octanol–water partition coefficient (Wildman–Crippen LogP) is 3.85. The Labute approximate surface area is 136 Å². The first-order chi connectivity index (χ1) is 11.2. The topological polar surface area (TPSA) is 56.1 Å². The van der Waals surface area contributed by atoms with E-state index in [0.29, 0.717) is 18.2 Å². The van der Waals surface area contributed by atoms with Crippen molar-refractivity contribution in [2.24, 2.45) is 5.92 Å². The molecule has 2 aromatic rings. The van der Waals surface area contributed by atoms with Gasteiger partial charge in [-0.1, -0.05) is 37.5 Å². The smallest absolute Gasteiger partial charge is 0.407 e. The summed E-state index contributed by atoms with van der Waals surface area (Å²) in [6.07, 6.45) is 7.44. The van der Waals surface area contributed by atoms with Gasteiger partial charge in [-0.05, 0) is 37.8 Å². The van der Waals surface area contributed by atoms with Crippen LogP contribution in [-0.2, 0) is 0 Å². The van der Waals surface area contributed by atoms with Crippen molar-refractivity contribution in [3.05, 3.63) is 42.2 Å². The highest BCUT2D eigenvalue weighted by Gasteiger charge is 2.16. The first-order valence-electron chi connectivity index (χ1n) is 8.30. The normalized spacial score (nSPS) is 15.3. The monoisotopic (exact) mass is 313 g/mol. The summed E-state index contributed by atoms with van der Waals surface area (Å²) in [4.78, 5) is 12.0. The standard InChI is InChI=1S/C18H23N3O2/c1-14-17(13-20-21(14)16-10-6-3-7-11-16)23-18(22)19-12-15-8-4-2-5-9-15/h3,6-7,10-11,13,15H,2,4-5,8-9,12H2,1H3,(H,19,22). The largest absolute Gasteiger partial charge is 0.412 e. The van der Waals surface area contributed by atoms with E-state index < -0.39 is 6.09 Å². The maximum absolute atomic E-state index is 12.0. The van der Waals surface area contributed by atoms with Crippen LogP contribution in [0.3, 0.4) is 0 Å². The molecule has 5 nitrogen and oxygen atoms in total. The predicted molar refractivity (Wildman–Crippen MR) is 88.9 cm³/mol. The molecule has 0 spiro atoms. The van der Waals surface area contributed by atoms with E-state index in [-0.39, 0.29) is 0 Å². The summed E-state index contributed by atoms with van der Waals surface area (Å²) >= 11 is 0. The van der Waals surface area contributed by atoms with Gasteiger partial charge in [-0.3, -0.25) is 0 Å². The van der Waals surface area contributed by atoms with Crippen LogP contribution in [0.15, 0.2) is 36.5 Å². The van der Waals surface area contributed by atoms with Gasteiger partial charge >= 0.3 is 6.09 Å². The zero-order valence-electron chi connectivity index (χ0n) is 13.5. The van der Waals surface area contributed by atoms with E-state index >= 15 is 0 Å². The zero-order chi connectivity index (χ0) is 16.1. The molecule has 0 bridgehead atoms. The Kier molecular flexibility index (Phi) is 4.95. The summed E-state index contributed by atoms with van der Waals surface area (Å²) in [7, 11) is 0. The highest BCUT2D eigenvalue weighted by molar-refractivity contribution is 5.70. The molecule has 0 saturated heterocycles. The minimum Gasteiger partial charge on any atom is -0.407 e. The maximum atomic E-state index is 12.0. The number of hydrogen-bond acceptors (Lipinski definition) is 3. The number of amides is 1. The van der Waals surface area contributed by atoms with E-state index in [1.54, 1.807) is 10.9 Å². The summed E-state index contributed by atoms with van der Waals surface area (Å²) in [6, 6.07) is 9.79. The fourth-order valence-corrected chi connectivity index (χ4v) is 3.08. The Balaban J connectivity index is 1.57. The van der Waals surface area contributed by atoms with Gasteiger partial charge in [-0.15, -0.1) is 0 Å². The second kappa shape index (κ2) is 7.31. The molecular weight excluding hydrogens is 290 g/mol. The number of rotatable bonds is 4. The highest BCUT2D eigenvalue weighted by atomic mass is 16.6. The fraction of sp³-hybridized carbons (Fsp3) is 0.444. The first-order valence-corrected chi connectivity index (χ1v) is 8.30. The number of para-hydroxylation sites is 1. The molecule has 1 amide bonds. The van der Waals surface area contributed by atoms with Crippen molar-refractivity contribution >= 4 is 6.09 Å². The van der Waals surface area contributed by atoms with Gasteiger partial charge in [0.15, 0.2) is 5.75 Å². The molecule has 0 aliphatic heterocycles. The molecule has 23 heavy (non-hydrogen) atoms. The lowest BCUT2D eigenvalue weighted by Gasteiger charge is -2.21. The number of nitrogens with zero attached hydrogens (tertiary/aromatic N) is 2. The van der Waals surface area contributed by atoms with Crippen LogP contribution < -0.4 is 10.1 Å². The molecule has 1 aromatic heterocycles. The molecule has 1 heterocycles. The van der Waals surface area contributed by atoms with Gasteiger partial charge in [0.1, 0.15) is 0 Å². The zero-order valence-corrected chi connectivity index (χ0v) is 13.5. The Morgan fingerprint density at radius 1 is 1.26 bits per heavy atom. The van der Waals surface area contributed by atoms with Crippen LogP contribution in [0.4, 0.5) is 4.79 Å². The third-order valence-electron chi connectivity index (χ3n) is 4.43. The minimum atomic E-state index is -0.397. The van der Waals surface area contributed by atoms with Crippen molar-refractivity contribution in [3.8, 4) is 11.4 Å². The van der Waals surface area contributed by atoms with Crippen LogP contribution in [0, 0.1) is 12.8 Å². The second-order valence-corrected chi connectivity index (χ2v) is 6.12. The SMILES string of the molecule is Cc1c(OC(=O)NCC2CCCCC2)cnn1-c1ccccc1. The van der Waals surface area contributed by atoms with Crippen LogP contribution in [0.2, 0.25) is 0 Å². The van der Waals surface area contributed by atoms with E-state index in [4.69, 9.17) is 4.74 Å². The number of hydrogen-bond donors (Lipinski definition) is 1. The summed E-state index contributed by atoms with van der Waals surface area (Å²) < 4.78 is 7.17. The van der Waals surface area contributed by atoms with Gasteiger partial charge < -0.3 is 10.1 Å². The first kappa shape index (κ1) is 15.6. The van der Waals surface area contributed by atoms with Gasteiger partial charge in [-0.2, -0.15) is 5.10 Å². The lowest BCUT2D eigenvalue weighted by atomic mass is 9.89. The average Bonchev–Trinajstić information content (AvgIpc) is 2.95. The molecule has 1 fully saturated rings. The molecule has 1 aromatic carbocycles. The van der Waals surface area contributed by atoms with Crippen molar-refractivity contribution in [1.82, 2.24) is 15.1 Å². The van der Waals surface area contributed by atoms with Gasteiger partial charge in [-0.25, -0.2) is 9.48 Å². The molecular formula is C18H23N3O2. The number of nitrogens with one attached hydrogen (secondary N) is 1. The van der Waals surface area contributed by atoms with Crippen molar-refractivity contribution in [3.63, 3.8) is 0 Å². The third-order valence-corrected chi connectivity index (χ3v) is 4.43. The van der Waals surface area contributed by atoms with Crippen molar-refractivity contribution in [1.29, 1.82) is 0 Å². The Morgan fingerprint density at radius 2 is 2.00 bits per heavy atom. The number of carbonyl (C=O) groups excluding carboxylic acids is 1. The molecule has 0 atom stereocenters. The van der Waals surface area contributed by atoms with Gasteiger partial charge in [0.05, 0.1) is 17.6 Å². The van der Waals surface area contributed by atoms with Crippen LogP contribution in [0.25, 0.3) is 5.69 Å². The van der Waals surface area contributed by atoms with E-state index in [9.17, 15) is 4.79 Å². The van der Waals surface area contributed by atoms with Gasteiger partial charge in [0.25, 0.3) is 0 Å². The second-order valence-electron chi connectivity index (χ2n) is 6.12. The minimum absolute atomic E-state index is 0.397. The molecule has 1 N–H and O–H groups in total. The van der Waals surface area contributed by atoms with Crippen LogP contribution in [0.1, 0.15) is 37.8 Å². The summed E-state index contributed by atoms with van der Waals surface area (Å²) in [5, 5.41) is 7.18. The number of ether oxygens (including phenoxy) is 1. The molecule has 0 unspecified atom stereocenters. The maximum Gasteiger partial charge on any atom is 0.412 e. The van der Waals surface area contributed by atoms with Crippen molar-refractivity contribution in [2.75, 3.05) is 6.54 Å². The number of carbonyl (C=O) groups is 1. The molecule has 0 radical (unpaired) electrons. The summed E-state index contributed by atoms with van der Waals surface area (Å²) in [5.74, 6) is 1.08. The van der Waals surface area contributed by atoms with E-state index in [1.165, 1.54) is 32.1 Å². The van der Waals surface area contributed by atoms with Crippen LogP contribution >= 0.6 is 0 Å². The number of aromatic nitrogens is 2. The Morgan fingerprint density at radius 3 is 2.74 bits per heavy atom. The van der Waals surface area contributed by atoms with Gasteiger partial charge in [0, 0.05) is 6.54 Å². The number of benzene rings is 1. The Bertz CT molecular complexity index is 646. The van der Waals surface area contributed by atoms with Crippen LogP contribution in [0.5, 0.6) is 5.75 Å². The summed E-state index contributed by atoms with van der Waals surface area (Å²) in [5.41, 5.74) is 1.76. The molecule has 1 saturated carbocycles. The van der Waals surface area contributed by atoms with E-state index in [2.05, 4.69) is 10.4 Å². The average molecular weight is 313 g/mol. The highest BCUT2D eigenvalue weighted by Crippen LogP contribution is 2.23. The van der Waals surface area contributed by atoms with Crippen LogP contribution in [-0.4, -0.2) is 22.4 Å². The summed E-state index contributed by atoms with van der Waals surface area (Å²) in [6.45, 7) is 2.59. The van der Waals surface area contributed by atoms with Gasteiger partial charge in [0.2, 0.25) is 0 Å².